The van der Waals surface area contributed by atoms with Crippen LogP contribution in [0.1, 0.15) is 65.4 Å². The summed E-state index contributed by atoms with van der Waals surface area (Å²) in [6.45, 7) is 23.1. The molecule has 0 unspecified atom stereocenters. The van der Waals surface area contributed by atoms with Crippen LogP contribution in [0.2, 0.25) is 36.3 Å². The lowest BCUT2D eigenvalue weighted by Crippen LogP contribution is -2.47. The van der Waals surface area contributed by atoms with Crippen LogP contribution in [0.25, 0.3) is 0 Å². The van der Waals surface area contributed by atoms with Crippen molar-refractivity contribution in [2.24, 2.45) is 0 Å². The zero-order valence-electron chi connectivity index (χ0n) is 17.9. The molecular weight excluding hydrogens is 344 g/mol. The summed E-state index contributed by atoms with van der Waals surface area (Å²) in [4.78, 5) is 0. The van der Waals surface area contributed by atoms with Crippen LogP contribution in [-0.2, 0) is 15.3 Å². The van der Waals surface area contributed by atoms with Gasteiger partial charge in [0.2, 0.25) is 0 Å². The van der Waals surface area contributed by atoms with E-state index >= 15 is 0 Å². The van der Waals surface area contributed by atoms with E-state index in [9.17, 15) is 0 Å². The summed E-state index contributed by atoms with van der Waals surface area (Å²) >= 11 is 0. The zero-order chi connectivity index (χ0) is 19.3. The molecule has 1 aliphatic rings. The smallest absolute Gasteiger partial charge is 0.193 e. The molecule has 1 aliphatic carbocycles. The van der Waals surface area contributed by atoms with Crippen LogP contribution in [-0.4, -0.2) is 22.7 Å². The lowest BCUT2D eigenvalue weighted by molar-refractivity contribution is 0.0655. The predicted octanol–water partition coefficient (Wildman–Crippen LogP) is 6.68. The molecule has 0 spiro atoms. The van der Waals surface area contributed by atoms with Gasteiger partial charge in [0.1, 0.15) is 11.9 Å². The quantitative estimate of drug-likeness (QED) is 0.544. The molecule has 3 nitrogen and oxygen atoms in total. The van der Waals surface area contributed by atoms with Gasteiger partial charge in [0.05, 0.1) is 12.4 Å². The molecule has 0 N–H and O–H groups in total. The van der Waals surface area contributed by atoms with E-state index in [2.05, 4.69) is 73.8 Å². The third-order valence-electron chi connectivity index (χ3n) is 6.51. The number of rotatable bonds is 4. The summed E-state index contributed by atoms with van der Waals surface area (Å²) in [5.74, 6) is 1.03. The Bertz CT molecular complexity index is 591. The molecule has 0 fully saturated rings. The van der Waals surface area contributed by atoms with Crippen LogP contribution in [0.4, 0.5) is 0 Å². The fourth-order valence-electron chi connectivity index (χ4n) is 2.79. The van der Waals surface area contributed by atoms with Crippen molar-refractivity contribution in [3.8, 4) is 0 Å². The fourth-order valence-corrected chi connectivity index (χ4v) is 5.42. The second-order valence-corrected chi connectivity index (χ2v) is 20.1. The average molecular weight is 383 g/mol. The first-order chi connectivity index (χ1) is 11.1. The first-order valence-electron chi connectivity index (χ1n) is 9.56. The van der Waals surface area contributed by atoms with Crippen molar-refractivity contribution < 1.29 is 13.3 Å². The molecule has 0 radical (unpaired) electrons. The van der Waals surface area contributed by atoms with Crippen molar-refractivity contribution in [2.45, 2.75) is 103 Å². The van der Waals surface area contributed by atoms with Crippen molar-refractivity contribution in [1.29, 1.82) is 0 Å². The highest BCUT2D eigenvalue weighted by molar-refractivity contribution is 6.74. The first kappa shape index (κ1) is 20.9. The zero-order valence-corrected chi connectivity index (χ0v) is 19.9. The highest BCUT2D eigenvalue weighted by Crippen LogP contribution is 2.45. The summed E-state index contributed by atoms with van der Waals surface area (Å²) < 4.78 is 19.3. The standard InChI is InChI=1S/C20H38O3Si2/c1-19(2,3)24(7,8)22-16-13-15-11-12-21-18(15)17(14-16)23-25(9,10)20(4,5)6/h11-12,16-17H,13-14H2,1-10H3/t16-,17+/m1/s1. The molecule has 144 valence electrons. The first-order valence-corrected chi connectivity index (χ1v) is 15.4. The maximum Gasteiger partial charge on any atom is 0.193 e. The third-order valence-corrected chi connectivity index (χ3v) is 15.5. The highest BCUT2D eigenvalue weighted by atomic mass is 28.4. The van der Waals surface area contributed by atoms with Gasteiger partial charge >= 0.3 is 0 Å². The van der Waals surface area contributed by atoms with Crippen molar-refractivity contribution in [3.05, 3.63) is 23.7 Å². The van der Waals surface area contributed by atoms with Crippen LogP contribution in [0.5, 0.6) is 0 Å². The molecular formula is C20H38O3Si2. The van der Waals surface area contributed by atoms with Gasteiger partial charge in [-0.15, -0.1) is 0 Å². The predicted molar refractivity (Wildman–Crippen MR) is 110 cm³/mol. The minimum atomic E-state index is -1.86. The average Bonchev–Trinajstić information content (AvgIpc) is 2.83. The van der Waals surface area contributed by atoms with Crippen molar-refractivity contribution in [2.75, 3.05) is 0 Å². The molecule has 0 aromatic carbocycles. The second kappa shape index (κ2) is 6.66. The summed E-state index contributed by atoms with van der Waals surface area (Å²) in [5.41, 5.74) is 1.26. The molecule has 0 amide bonds. The van der Waals surface area contributed by atoms with Crippen molar-refractivity contribution in [3.63, 3.8) is 0 Å². The maximum absolute atomic E-state index is 6.74. The van der Waals surface area contributed by atoms with Crippen LogP contribution in [0, 0.1) is 0 Å². The van der Waals surface area contributed by atoms with Crippen LogP contribution >= 0.6 is 0 Å². The number of fused-ring (bicyclic) bond motifs is 1. The monoisotopic (exact) mass is 382 g/mol. The van der Waals surface area contributed by atoms with Gasteiger partial charge in [-0.2, -0.15) is 0 Å². The van der Waals surface area contributed by atoms with E-state index < -0.39 is 16.6 Å². The van der Waals surface area contributed by atoms with Gasteiger partial charge in [0.25, 0.3) is 0 Å². The number of hydrogen-bond acceptors (Lipinski definition) is 3. The molecule has 2 atom stereocenters. The van der Waals surface area contributed by atoms with Crippen LogP contribution in [0.3, 0.4) is 0 Å². The Labute approximate surface area is 156 Å². The van der Waals surface area contributed by atoms with Gasteiger partial charge in [-0.05, 0) is 47.9 Å². The summed E-state index contributed by atoms with van der Waals surface area (Å²) in [7, 11) is -3.66. The fraction of sp³-hybridized carbons (Fsp3) is 0.800. The normalized spacial score (nSPS) is 22.8. The van der Waals surface area contributed by atoms with Gasteiger partial charge in [0.15, 0.2) is 16.6 Å². The molecule has 0 aliphatic heterocycles. The minimum absolute atomic E-state index is 0.0226. The van der Waals surface area contributed by atoms with Gasteiger partial charge in [-0.25, -0.2) is 0 Å². The molecule has 0 saturated carbocycles. The summed E-state index contributed by atoms with van der Waals surface area (Å²) in [6.07, 6.45) is 3.89. The van der Waals surface area contributed by atoms with Gasteiger partial charge < -0.3 is 13.3 Å². The Morgan fingerprint density at radius 1 is 0.920 bits per heavy atom. The van der Waals surface area contributed by atoms with E-state index in [-0.39, 0.29) is 22.3 Å². The van der Waals surface area contributed by atoms with E-state index in [1.165, 1.54) is 5.56 Å². The van der Waals surface area contributed by atoms with Crippen LogP contribution in [0.15, 0.2) is 16.7 Å². The Morgan fingerprint density at radius 2 is 1.44 bits per heavy atom. The molecule has 5 heteroatoms. The topological polar surface area (TPSA) is 31.6 Å². The largest absolute Gasteiger partial charge is 0.466 e. The molecule has 0 bridgehead atoms. The second-order valence-electron chi connectivity index (χ2n) is 10.6. The molecule has 1 heterocycles. The van der Waals surface area contributed by atoms with E-state index in [1.807, 2.05) is 0 Å². The Morgan fingerprint density at radius 3 is 1.96 bits per heavy atom. The Balaban J connectivity index is 2.22. The Kier molecular flexibility index (Phi) is 5.58. The summed E-state index contributed by atoms with van der Waals surface area (Å²) in [6, 6.07) is 2.10. The van der Waals surface area contributed by atoms with E-state index in [0.29, 0.717) is 0 Å². The van der Waals surface area contributed by atoms with Gasteiger partial charge in [0, 0.05) is 12.8 Å². The lowest BCUT2D eigenvalue weighted by atomic mass is 9.94. The van der Waals surface area contributed by atoms with Gasteiger partial charge in [-0.3, -0.25) is 0 Å². The minimum Gasteiger partial charge on any atom is -0.466 e. The number of furan rings is 1. The van der Waals surface area contributed by atoms with Gasteiger partial charge in [-0.1, -0.05) is 41.5 Å². The molecule has 25 heavy (non-hydrogen) atoms. The third kappa shape index (κ3) is 4.49. The van der Waals surface area contributed by atoms with E-state index in [1.54, 1.807) is 6.26 Å². The van der Waals surface area contributed by atoms with Crippen LogP contribution < -0.4 is 0 Å². The molecule has 1 aromatic heterocycles. The lowest BCUT2D eigenvalue weighted by Gasteiger charge is -2.43. The number of hydrogen-bond donors (Lipinski definition) is 0. The van der Waals surface area contributed by atoms with E-state index in [0.717, 1.165) is 18.6 Å². The maximum atomic E-state index is 6.74. The molecule has 1 aromatic rings. The SMILES string of the molecule is CC(C)(C)[Si](C)(C)O[C@@H]1Cc2ccoc2[C@@H](O[Si](C)(C)C(C)(C)C)C1. The molecule has 0 saturated heterocycles. The van der Waals surface area contributed by atoms with Crippen molar-refractivity contribution in [1.82, 2.24) is 0 Å². The highest BCUT2D eigenvalue weighted by Gasteiger charge is 2.45. The molecule has 2 rings (SSSR count). The Hall–Kier alpha value is -0.366. The van der Waals surface area contributed by atoms with E-state index in [4.69, 9.17) is 13.3 Å². The van der Waals surface area contributed by atoms with Crippen molar-refractivity contribution >= 4 is 16.6 Å². The summed E-state index contributed by atoms with van der Waals surface area (Å²) in [5, 5.41) is 0.409.